The fourth-order valence-electron chi connectivity index (χ4n) is 4.53. The van der Waals surface area contributed by atoms with Crippen LogP contribution in [0, 0.1) is 0 Å². The third kappa shape index (κ3) is 3.78. The van der Waals surface area contributed by atoms with Gasteiger partial charge < -0.3 is 4.90 Å². The monoisotopic (exact) mass is 432 g/mol. The van der Waals surface area contributed by atoms with Crippen LogP contribution in [-0.4, -0.2) is 47.6 Å². The van der Waals surface area contributed by atoms with Gasteiger partial charge in [0.15, 0.2) is 0 Å². The Labute approximate surface area is 177 Å². The molecule has 2 aliphatic rings. The molecule has 5 rings (SSSR count). The summed E-state index contributed by atoms with van der Waals surface area (Å²) in [7, 11) is 0. The van der Waals surface area contributed by atoms with Crippen molar-refractivity contribution >= 4 is 27.4 Å². The quantitative estimate of drug-likeness (QED) is 0.605. The van der Waals surface area contributed by atoms with Crippen LogP contribution in [0.2, 0.25) is 0 Å². The minimum absolute atomic E-state index is 0.569. The van der Waals surface area contributed by atoms with E-state index in [2.05, 4.69) is 19.8 Å². The van der Waals surface area contributed by atoms with Gasteiger partial charge in [0.25, 0.3) is 0 Å². The zero-order valence-electron chi connectivity index (χ0n) is 16.6. The number of hydrogen-bond acceptors (Lipinski definition) is 5. The lowest BCUT2D eigenvalue weighted by Crippen LogP contribution is -2.47. The van der Waals surface area contributed by atoms with Gasteiger partial charge in [-0.15, -0.1) is 11.3 Å². The van der Waals surface area contributed by atoms with E-state index >= 15 is 0 Å². The van der Waals surface area contributed by atoms with Gasteiger partial charge in [0.05, 0.1) is 10.9 Å². The fraction of sp³-hybridized carbons (Fsp3) is 0.455. The van der Waals surface area contributed by atoms with Crippen LogP contribution in [0.1, 0.15) is 28.0 Å². The summed E-state index contributed by atoms with van der Waals surface area (Å²) in [6.07, 6.45) is 1.50. The number of anilines is 1. The van der Waals surface area contributed by atoms with Crippen molar-refractivity contribution in [2.24, 2.45) is 0 Å². The van der Waals surface area contributed by atoms with Crippen LogP contribution in [0.25, 0.3) is 10.2 Å². The first-order valence-corrected chi connectivity index (χ1v) is 11.2. The van der Waals surface area contributed by atoms with Gasteiger partial charge in [0.1, 0.15) is 17.0 Å². The van der Waals surface area contributed by atoms with E-state index in [0.29, 0.717) is 6.42 Å². The Balaban J connectivity index is 1.23. The topological polar surface area (TPSA) is 32.3 Å². The number of aromatic nitrogens is 2. The molecule has 8 heteroatoms. The Hall–Kier alpha value is -2.19. The summed E-state index contributed by atoms with van der Waals surface area (Å²) in [4.78, 5) is 16.3. The minimum Gasteiger partial charge on any atom is -0.353 e. The summed E-state index contributed by atoms with van der Waals surface area (Å²) in [5.41, 5.74) is 1.61. The van der Waals surface area contributed by atoms with Crippen molar-refractivity contribution in [3.05, 3.63) is 52.2 Å². The molecule has 0 bridgehead atoms. The highest BCUT2D eigenvalue weighted by Crippen LogP contribution is 2.40. The van der Waals surface area contributed by atoms with Gasteiger partial charge in [-0.3, -0.25) is 4.90 Å². The number of hydrogen-bond donors (Lipinski definition) is 0. The van der Waals surface area contributed by atoms with Gasteiger partial charge in [-0.25, -0.2) is 9.97 Å². The molecular formula is C22H23F3N4S. The first-order valence-electron chi connectivity index (χ1n) is 10.4. The van der Waals surface area contributed by atoms with E-state index < -0.39 is 11.7 Å². The van der Waals surface area contributed by atoms with Crippen LogP contribution in [0.5, 0.6) is 0 Å². The lowest BCUT2D eigenvalue weighted by atomic mass is 10.1. The normalized spacial score (nSPS) is 17.6. The fourth-order valence-corrected chi connectivity index (χ4v) is 5.75. The van der Waals surface area contributed by atoms with Crippen LogP contribution < -0.4 is 4.90 Å². The molecule has 4 nitrogen and oxygen atoms in total. The molecule has 2 aromatic heterocycles. The van der Waals surface area contributed by atoms with E-state index in [0.717, 1.165) is 67.8 Å². The van der Waals surface area contributed by atoms with E-state index in [1.165, 1.54) is 34.4 Å². The second kappa shape index (κ2) is 7.81. The number of aryl methyl sites for hydroxylation is 2. The Morgan fingerprint density at radius 2 is 1.87 bits per heavy atom. The summed E-state index contributed by atoms with van der Waals surface area (Å²) in [6.45, 7) is 4.29. The van der Waals surface area contributed by atoms with E-state index in [9.17, 15) is 13.2 Å². The molecule has 0 unspecified atom stereocenters. The smallest absolute Gasteiger partial charge is 0.353 e. The number of fused-ring (bicyclic) bond motifs is 3. The van der Waals surface area contributed by atoms with Crippen molar-refractivity contribution in [3.63, 3.8) is 0 Å². The molecule has 1 saturated heterocycles. The number of halogens is 3. The predicted molar refractivity (Wildman–Crippen MR) is 113 cm³/mol. The predicted octanol–water partition coefficient (Wildman–Crippen LogP) is 4.56. The second-order valence-electron chi connectivity index (χ2n) is 8.01. The van der Waals surface area contributed by atoms with E-state index in [1.54, 1.807) is 23.7 Å². The maximum Gasteiger partial charge on any atom is 0.416 e. The molecular weight excluding hydrogens is 409 g/mol. The molecule has 1 fully saturated rings. The Bertz CT molecular complexity index is 1050. The van der Waals surface area contributed by atoms with Crippen LogP contribution in [0.15, 0.2) is 30.6 Å². The summed E-state index contributed by atoms with van der Waals surface area (Å²) in [5.74, 6) is 1.05. The number of alkyl halides is 3. The number of piperazine rings is 1. The summed E-state index contributed by atoms with van der Waals surface area (Å²) in [5, 5.41) is 1.24. The molecule has 0 N–H and O–H groups in total. The van der Waals surface area contributed by atoms with Gasteiger partial charge in [0, 0.05) is 37.6 Å². The number of benzene rings is 1. The largest absolute Gasteiger partial charge is 0.416 e. The van der Waals surface area contributed by atoms with Gasteiger partial charge >= 0.3 is 6.18 Å². The highest BCUT2D eigenvalue weighted by molar-refractivity contribution is 7.19. The maximum absolute atomic E-state index is 12.9. The molecule has 1 aliphatic heterocycles. The SMILES string of the molecule is FC(F)(F)c1cccc(CCN2CCN(c3ncnc4sc5c(c34)CCC5)CC2)c1. The van der Waals surface area contributed by atoms with Crippen molar-refractivity contribution in [1.82, 2.24) is 14.9 Å². The highest BCUT2D eigenvalue weighted by Gasteiger charge is 2.30. The van der Waals surface area contributed by atoms with E-state index in [1.807, 2.05) is 0 Å². The van der Waals surface area contributed by atoms with E-state index in [4.69, 9.17) is 0 Å². The standard InChI is InChI=1S/C22H23F3N4S/c23-22(24,25)16-4-1-3-15(13-16)7-8-28-9-11-29(12-10-28)20-19-17-5-2-6-18(17)30-21(19)27-14-26-20/h1,3-4,13-14H,2,5-12H2. The first-order chi connectivity index (χ1) is 14.5. The van der Waals surface area contributed by atoms with Crippen LogP contribution in [-0.2, 0) is 25.4 Å². The molecule has 0 radical (unpaired) electrons. The lowest BCUT2D eigenvalue weighted by Gasteiger charge is -2.35. The molecule has 158 valence electrons. The number of nitrogens with zero attached hydrogens (tertiary/aromatic N) is 4. The highest BCUT2D eigenvalue weighted by atomic mass is 32.1. The third-order valence-corrected chi connectivity index (χ3v) is 7.32. The third-order valence-electron chi connectivity index (χ3n) is 6.12. The molecule has 1 aliphatic carbocycles. The summed E-state index contributed by atoms with van der Waals surface area (Å²) in [6, 6.07) is 5.67. The molecule has 1 aromatic carbocycles. The Morgan fingerprint density at radius 1 is 1.03 bits per heavy atom. The summed E-state index contributed by atoms with van der Waals surface area (Å²) < 4.78 is 38.7. The molecule has 3 heterocycles. The van der Waals surface area contributed by atoms with Crippen molar-refractivity contribution in [2.45, 2.75) is 31.9 Å². The van der Waals surface area contributed by atoms with Crippen molar-refractivity contribution in [3.8, 4) is 0 Å². The molecule has 0 atom stereocenters. The Morgan fingerprint density at radius 3 is 2.67 bits per heavy atom. The first kappa shape index (κ1) is 19.8. The van der Waals surface area contributed by atoms with Gasteiger partial charge in [-0.2, -0.15) is 13.2 Å². The van der Waals surface area contributed by atoms with Gasteiger partial charge in [0.2, 0.25) is 0 Å². The maximum atomic E-state index is 12.9. The van der Waals surface area contributed by atoms with Gasteiger partial charge in [-0.1, -0.05) is 18.2 Å². The molecule has 0 saturated carbocycles. The lowest BCUT2D eigenvalue weighted by molar-refractivity contribution is -0.137. The molecule has 0 amide bonds. The summed E-state index contributed by atoms with van der Waals surface area (Å²) >= 11 is 1.81. The van der Waals surface area contributed by atoms with Crippen molar-refractivity contribution in [2.75, 3.05) is 37.6 Å². The molecule has 3 aromatic rings. The minimum atomic E-state index is -4.29. The zero-order chi connectivity index (χ0) is 20.7. The van der Waals surface area contributed by atoms with Crippen molar-refractivity contribution < 1.29 is 13.2 Å². The van der Waals surface area contributed by atoms with Crippen LogP contribution in [0.3, 0.4) is 0 Å². The molecule has 30 heavy (non-hydrogen) atoms. The molecule has 0 spiro atoms. The second-order valence-corrected chi connectivity index (χ2v) is 9.10. The average molecular weight is 433 g/mol. The van der Waals surface area contributed by atoms with Crippen LogP contribution in [0.4, 0.5) is 19.0 Å². The number of thiophene rings is 1. The van der Waals surface area contributed by atoms with Crippen molar-refractivity contribution in [1.29, 1.82) is 0 Å². The zero-order valence-corrected chi connectivity index (χ0v) is 17.4. The van der Waals surface area contributed by atoms with Crippen LogP contribution >= 0.6 is 11.3 Å². The van der Waals surface area contributed by atoms with E-state index in [-0.39, 0.29) is 0 Å². The average Bonchev–Trinajstić information content (AvgIpc) is 3.33. The Kier molecular flexibility index (Phi) is 5.14. The number of rotatable bonds is 4. The van der Waals surface area contributed by atoms with Gasteiger partial charge in [-0.05, 0) is 42.9 Å².